The zero-order chi connectivity index (χ0) is 18.0. The van der Waals surface area contributed by atoms with Gasteiger partial charge in [0.2, 0.25) is 0 Å². The van der Waals surface area contributed by atoms with Gasteiger partial charge in [-0.05, 0) is 37.1 Å². The molecule has 25 heavy (non-hydrogen) atoms. The summed E-state index contributed by atoms with van der Waals surface area (Å²) in [6.07, 6.45) is 4.20. The lowest BCUT2D eigenvalue weighted by molar-refractivity contribution is 0.0830. The van der Waals surface area contributed by atoms with E-state index in [-0.39, 0.29) is 29.8 Å². The van der Waals surface area contributed by atoms with Crippen LogP contribution in [0.3, 0.4) is 0 Å². The number of amides is 1. The zero-order valence-electron chi connectivity index (χ0n) is 14.1. The number of nitrogens with two attached hydrogens (primary N) is 1. The van der Waals surface area contributed by atoms with E-state index in [2.05, 4.69) is 10.4 Å². The monoisotopic (exact) mass is 339 g/mol. The number of hydrogen-bond donors (Lipinski definition) is 3. The normalized spacial score (nSPS) is 22.5. The molecule has 1 aromatic heterocycles. The highest BCUT2D eigenvalue weighted by Crippen LogP contribution is 2.37. The molecule has 2 unspecified atom stereocenters. The summed E-state index contributed by atoms with van der Waals surface area (Å²) < 4.78 is 1.46. The molecule has 130 valence electrons. The van der Waals surface area contributed by atoms with Crippen LogP contribution in [-0.4, -0.2) is 33.4 Å². The molecule has 0 bridgehead atoms. The van der Waals surface area contributed by atoms with E-state index in [0.717, 1.165) is 19.3 Å². The number of benzene rings is 1. The van der Waals surface area contributed by atoms with Crippen LogP contribution in [0.5, 0.6) is 0 Å². The number of aliphatic hydroxyl groups is 1. The lowest BCUT2D eigenvalue weighted by Gasteiger charge is -2.30. The molecule has 1 heterocycles. The van der Waals surface area contributed by atoms with Crippen LogP contribution in [0.4, 0.5) is 5.82 Å². The van der Waals surface area contributed by atoms with E-state index in [1.54, 1.807) is 24.3 Å². The smallest absolute Gasteiger partial charge is 0.251 e. The van der Waals surface area contributed by atoms with E-state index >= 15 is 0 Å². The maximum absolute atomic E-state index is 12.5. The molecule has 2 atom stereocenters. The Morgan fingerprint density at radius 2 is 2.24 bits per heavy atom. The Hall–Kier alpha value is -2.85. The molecule has 1 amide bonds. The third-order valence-electron chi connectivity index (χ3n) is 5.05. The summed E-state index contributed by atoms with van der Waals surface area (Å²) in [5.41, 5.74) is 7.13. The number of rotatable bonds is 4. The predicted molar refractivity (Wildman–Crippen MR) is 93.0 cm³/mol. The Kier molecular flexibility index (Phi) is 4.47. The van der Waals surface area contributed by atoms with Gasteiger partial charge in [-0.1, -0.05) is 13.3 Å². The fourth-order valence-corrected chi connectivity index (χ4v) is 3.31. The third-order valence-corrected chi connectivity index (χ3v) is 5.05. The van der Waals surface area contributed by atoms with Crippen molar-refractivity contribution in [3.05, 3.63) is 41.6 Å². The van der Waals surface area contributed by atoms with E-state index in [4.69, 9.17) is 11.0 Å². The molecule has 1 aliphatic rings. The fraction of sp³-hybridized carbons (Fsp3) is 0.389. The molecule has 4 N–H and O–H groups in total. The fourth-order valence-electron chi connectivity index (χ4n) is 3.31. The summed E-state index contributed by atoms with van der Waals surface area (Å²) >= 11 is 0. The standard InChI is InChI=1S/C18H21N5O2/c1-18(11-24)8-2-3-15(18)22-17(25)12-4-6-14(7-5-12)23-16(20)13(9-19)10-21-23/h4-7,10,15,24H,2-3,8,11,20H2,1H3,(H,22,25). The van der Waals surface area contributed by atoms with Gasteiger partial charge in [0, 0.05) is 17.0 Å². The van der Waals surface area contributed by atoms with Crippen LogP contribution in [0, 0.1) is 16.7 Å². The highest BCUT2D eigenvalue weighted by Gasteiger charge is 2.39. The van der Waals surface area contributed by atoms with E-state index in [9.17, 15) is 9.90 Å². The van der Waals surface area contributed by atoms with Crippen molar-refractivity contribution < 1.29 is 9.90 Å². The van der Waals surface area contributed by atoms with Crippen molar-refractivity contribution in [3.63, 3.8) is 0 Å². The largest absolute Gasteiger partial charge is 0.396 e. The minimum absolute atomic E-state index is 0.0235. The second kappa shape index (κ2) is 6.57. The number of carbonyl (C=O) groups is 1. The van der Waals surface area contributed by atoms with Crippen LogP contribution >= 0.6 is 0 Å². The predicted octanol–water partition coefficient (Wildman–Crippen LogP) is 1.61. The summed E-state index contributed by atoms with van der Waals surface area (Å²) in [6, 6.07) is 8.82. The van der Waals surface area contributed by atoms with Crippen molar-refractivity contribution >= 4 is 11.7 Å². The van der Waals surface area contributed by atoms with Crippen molar-refractivity contribution in [3.8, 4) is 11.8 Å². The number of nitrogens with zero attached hydrogens (tertiary/aromatic N) is 3. The van der Waals surface area contributed by atoms with Crippen molar-refractivity contribution in [1.29, 1.82) is 5.26 Å². The van der Waals surface area contributed by atoms with Crippen molar-refractivity contribution in [2.75, 3.05) is 12.3 Å². The highest BCUT2D eigenvalue weighted by atomic mass is 16.3. The summed E-state index contributed by atoms with van der Waals surface area (Å²) in [5.74, 6) is 0.105. The number of hydrogen-bond acceptors (Lipinski definition) is 5. The van der Waals surface area contributed by atoms with Crippen LogP contribution < -0.4 is 11.1 Å². The second-order valence-electron chi connectivity index (χ2n) is 6.74. The third kappa shape index (κ3) is 3.08. The topological polar surface area (TPSA) is 117 Å². The average Bonchev–Trinajstić information content (AvgIpc) is 3.18. The Morgan fingerprint density at radius 1 is 1.52 bits per heavy atom. The minimum Gasteiger partial charge on any atom is -0.396 e. The maximum atomic E-state index is 12.5. The molecule has 1 aliphatic carbocycles. The quantitative estimate of drug-likeness (QED) is 0.782. The van der Waals surface area contributed by atoms with Crippen molar-refractivity contribution in [2.24, 2.45) is 5.41 Å². The van der Waals surface area contributed by atoms with Gasteiger partial charge in [-0.2, -0.15) is 10.4 Å². The molecule has 0 spiro atoms. The van der Waals surface area contributed by atoms with Crippen LogP contribution in [-0.2, 0) is 0 Å². The van der Waals surface area contributed by atoms with E-state index < -0.39 is 0 Å². The van der Waals surface area contributed by atoms with Crippen molar-refractivity contribution in [1.82, 2.24) is 15.1 Å². The van der Waals surface area contributed by atoms with Crippen molar-refractivity contribution in [2.45, 2.75) is 32.2 Å². The van der Waals surface area contributed by atoms with Gasteiger partial charge in [-0.25, -0.2) is 4.68 Å². The van der Waals surface area contributed by atoms with Gasteiger partial charge in [0.1, 0.15) is 17.5 Å². The Labute approximate surface area is 146 Å². The Morgan fingerprint density at radius 3 is 2.84 bits per heavy atom. The van der Waals surface area contributed by atoms with Gasteiger partial charge in [-0.15, -0.1) is 0 Å². The average molecular weight is 339 g/mol. The molecule has 2 aromatic rings. The van der Waals surface area contributed by atoms with Gasteiger partial charge in [0.25, 0.3) is 5.91 Å². The molecule has 1 saturated carbocycles. The summed E-state index contributed by atoms with van der Waals surface area (Å²) in [4.78, 5) is 12.5. The molecule has 7 nitrogen and oxygen atoms in total. The number of aromatic nitrogens is 2. The zero-order valence-corrected chi connectivity index (χ0v) is 14.1. The molecular weight excluding hydrogens is 318 g/mol. The second-order valence-corrected chi connectivity index (χ2v) is 6.74. The number of nitrogens with one attached hydrogen (secondary N) is 1. The summed E-state index contributed by atoms with van der Waals surface area (Å²) in [7, 11) is 0. The molecule has 0 radical (unpaired) electrons. The van der Waals surface area contributed by atoms with Gasteiger partial charge in [0.05, 0.1) is 18.5 Å². The minimum atomic E-state index is -0.257. The van der Waals surface area contributed by atoms with Crippen LogP contribution in [0.15, 0.2) is 30.5 Å². The van der Waals surface area contributed by atoms with E-state index in [0.29, 0.717) is 16.8 Å². The number of nitrogen functional groups attached to an aromatic ring is 1. The SMILES string of the molecule is CC1(CO)CCCC1NC(=O)c1ccc(-n2ncc(C#N)c2N)cc1. The van der Waals surface area contributed by atoms with E-state index in [1.165, 1.54) is 10.9 Å². The van der Waals surface area contributed by atoms with E-state index in [1.807, 2.05) is 13.0 Å². The van der Waals surface area contributed by atoms with Crippen LogP contribution in [0.2, 0.25) is 0 Å². The summed E-state index contributed by atoms with van der Waals surface area (Å²) in [6.45, 7) is 2.07. The lowest BCUT2D eigenvalue weighted by atomic mass is 9.85. The van der Waals surface area contributed by atoms with Crippen LogP contribution in [0.25, 0.3) is 5.69 Å². The molecule has 3 rings (SSSR count). The van der Waals surface area contributed by atoms with Gasteiger partial charge in [-0.3, -0.25) is 4.79 Å². The molecular formula is C18H21N5O2. The maximum Gasteiger partial charge on any atom is 0.251 e. The van der Waals surface area contributed by atoms with Gasteiger partial charge >= 0.3 is 0 Å². The molecule has 1 fully saturated rings. The number of carbonyl (C=O) groups excluding carboxylic acids is 1. The lowest BCUT2D eigenvalue weighted by Crippen LogP contribution is -2.44. The summed E-state index contributed by atoms with van der Waals surface area (Å²) in [5, 5.41) is 25.7. The van der Waals surface area contributed by atoms with Crippen LogP contribution in [0.1, 0.15) is 42.1 Å². The first-order valence-corrected chi connectivity index (χ1v) is 8.24. The first-order chi connectivity index (χ1) is 12.0. The molecule has 1 aromatic carbocycles. The van der Waals surface area contributed by atoms with Gasteiger partial charge in [0.15, 0.2) is 0 Å². The van der Waals surface area contributed by atoms with Gasteiger partial charge < -0.3 is 16.2 Å². The number of nitriles is 1. The molecule has 0 saturated heterocycles. The molecule has 0 aliphatic heterocycles. The number of aliphatic hydroxyl groups excluding tert-OH is 1. The first-order valence-electron chi connectivity index (χ1n) is 8.24. The first kappa shape index (κ1) is 17.0. The highest BCUT2D eigenvalue weighted by molar-refractivity contribution is 5.94. The molecule has 7 heteroatoms. The Bertz CT molecular complexity index is 821. The Balaban J connectivity index is 1.75. The number of anilines is 1.